The molecule has 2 fully saturated rings. The van der Waals surface area contributed by atoms with Crippen LogP contribution in [-0.2, 0) is 9.47 Å². The van der Waals surface area contributed by atoms with E-state index in [0.29, 0.717) is 32.0 Å². The van der Waals surface area contributed by atoms with Gasteiger partial charge in [-0.1, -0.05) is 0 Å². The van der Waals surface area contributed by atoms with Crippen molar-refractivity contribution in [1.29, 1.82) is 5.26 Å². The maximum Gasteiger partial charge on any atom is 0.148 e. The van der Waals surface area contributed by atoms with Crippen molar-refractivity contribution in [2.45, 2.75) is 0 Å². The van der Waals surface area contributed by atoms with Crippen LogP contribution >= 0.6 is 0 Å². The van der Waals surface area contributed by atoms with Crippen molar-refractivity contribution < 1.29 is 9.47 Å². The lowest BCUT2D eigenvalue weighted by atomic mass is 10.1. The van der Waals surface area contributed by atoms with Crippen molar-refractivity contribution in [3.63, 3.8) is 0 Å². The Balaban J connectivity index is 1.92. The smallest absolute Gasteiger partial charge is 0.148 e. The van der Waals surface area contributed by atoms with Gasteiger partial charge in [0.15, 0.2) is 0 Å². The van der Waals surface area contributed by atoms with E-state index in [-0.39, 0.29) is 0 Å². The van der Waals surface area contributed by atoms with E-state index in [1.807, 2.05) is 6.07 Å². The standard InChI is InChI=1S/C14H18N4O2/c15-11-12-13(17-3-7-19-8-4-17)1-2-16-14(12)18-5-9-20-10-6-18/h1-2H,3-10H2. The van der Waals surface area contributed by atoms with Gasteiger partial charge in [-0.25, -0.2) is 4.98 Å². The average Bonchev–Trinajstić information content (AvgIpc) is 2.55. The first-order valence-corrected chi connectivity index (χ1v) is 6.94. The van der Waals surface area contributed by atoms with E-state index in [1.54, 1.807) is 6.20 Å². The molecule has 0 unspecified atom stereocenters. The third-order valence-corrected chi connectivity index (χ3v) is 3.68. The highest BCUT2D eigenvalue weighted by atomic mass is 16.5. The zero-order valence-electron chi connectivity index (χ0n) is 11.4. The van der Waals surface area contributed by atoms with Gasteiger partial charge in [0.05, 0.1) is 32.1 Å². The summed E-state index contributed by atoms with van der Waals surface area (Å²) < 4.78 is 10.7. The molecular weight excluding hydrogens is 256 g/mol. The van der Waals surface area contributed by atoms with Crippen LogP contribution < -0.4 is 9.80 Å². The first-order chi connectivity index (χ1) is 9.90. The largest absolute Gasteiger partial charge is 0.378 e. The Morgan fingerprint density at radius 3 is 2.20 bits per heavy atom. The fourth-order valence-electron chi connectivity index (χ4n) is 2.63. The molecular formula is C14H18N4O2. The Hall–Kier alpha value is -1.84. The molecule has 3 rings (SSSR count). The van der Waals surface area contributed by atoms with Gasteiger partial charge in [0.2, 0.25) is 0 Å². The molecule has 0 atom stereocenters. The van der Waals surface area contributed by atoms with E-state index < -0.39 is 0 Å². The number of hydrogen-bond donors (Lipinski definition) is 0. The lowest BCUT2D eigenvalue weighted by Gasteiger charge is -2.32. The summed E-state index contributed by atoms with van der Waals surface area (Å²) in [6.07, 6.45) is 1.79. The lowest BCUT2D eigenvalue weighted by molar-refractivity contribution is 0.122. The van der Waals surface area contributed by atoms with Gasteiger partial charge in [-0.2, -0.15) is 5.26 Å². The molecule has 6 heteroatoms. The molecule has 3 heterocycles. The van der Waals surface area contributed by atoms with Gasteiger partial charge in [-0.3, -0.25) is 0 Å². The molecule has 0 bridgehead atoms. The zero-order chi connectivity index (χ0) is 13.8. The van der Waals surface area contributed by atoms with E-state index >= 15 is 0 Å². The van der Waals surface area contributed by atoms with Crippen molar-refractivity contribution >= 4 is 11.5 Å². The van der Waals surface area contributed by atoms with Crippen molar-refractivity contribution in [1.82, 2.24) is 4.98 Å². The van der Waals surface area contributed by atoms with Crippen LogP contribution in [0, 0.1) is 11.3 Å². The highest BCUT2D eigenvalue weighted by Gasteiger charge is 2.22. The van der Waals surface area contributed by atoms with Gasteiger partial charge >= 0.3 is 0 Å². The summed E-state index contributed by atoms with van der Waals surface area (Å²) in [5, 5.41) is 9.55. The molecule has 0 amide bonds. The maximum absolute atomic E-state index is 9.55. The van der Waals surface area contributed by atoms with Crippen molar-refractivity contribution in [3.8, 4) is 6.07 Å². The number of hydrogen-bond acceptors (Lipinski definition) is 6. The van der Waals surface area contributed by atoms with E-state index in [1.165, 1.54) is 0 Å². The molecule has 0 aromatic carbocycles. The number of pyridine rings is 1. The Morgan fingerprint density at radius 2 is 1.60 bits per heavy atom. The molecule has 0 radical (unpaired) electrons. The number of anilines is 2. The van der Waals surface area contributed by atoms with Crippen LogP contribution in [0.4, 0.5) is 11.5 Å². The number of ether oxygens (including phenoxy) is 2. The van der Waals surface area contributed by atoms with Crippen LogP contribution in [0.2, 0.25) is 0 Å². The molecule has 106 valence electrons. The fraction of sp³-hybridized carbons (Fsp3) is 0.571. The summed E-state index contributed by atoms with van der Waals surface area (Å²) in [7, 11) is 0. The van der Waals surface area contributed by atoms with Gasteiger partial charge in [0, 0.05) is 32.4 Å². The summed E-state index contributed by atoms with van der Waals surface area (Å²) >= 11 is 0. The fourth-order valence-corrected chi connectivity index (χ4v) is 2.63. The van der Waals surface area contributed by atoms with Crippen LogP contribution in [0.15, 0.2) is 12.3 Å². The topological polar surface area (TPSA) is 61.6 Å². The molecule has 1 aromatic heterocycles. The van der Waals surface area contributed by atoms with E-state index in [4.69, 9.17) is 9.47 Å². The van der Waals surface area contributed by atoms with Gasteiger partial charge < -0.3 is 19.3 Å². The number of nitriles is 1. The summed E-state index contributed by atoms with van der Waals surface area (Å²) in [6.45, 7) is 6.01. The molecule has 2 aliphatic rings. The van der Waals surface area contributed by atoms with Crippen LogP contribution in [-0.4, -0.2) is 57.6 Å². The predicted molar refractivity (Wildman–Crippen MR) is 75.0 cm³/mol. The Kier molecular flexibility index (Phi) is 4.00. The number of morpholine rings is 2. The Labute approximate surface area is 118 Å². The molecule has 2 saturated heterocycles. The Bertz CT molecular complexity index is 466. The minimum absolute atomic E-state index is 0.663. The lowest BCUT2D eigenvalue weighted by Crippen LogP contribution is -2.39. The van der Waals surface area contributed by atoms with Gasteiger partial charge in [0.1, 0.15) is 17.5 Å². The monoisotopic (exact) mass is 274 g/mol. The van der Waals surface area contributed by atoms with Crippen LogP contribution in [0.5, 0.6) is 0 Å². The van der Waals surface area contributed by atoms with E-state index in [9.17, 15) is 5.26 Å². The van der Waals surface area contributed by atoms with E-state index in [2.05, 4.69) is 20.9 Å². The summed E-state index contributed by atoms with van der Waals surface area (Å²) in [6, 6.07) is 4.26. The van der Waals surface area contributed by atoms with Gasteiger partial charge in [-0.15, -0.1) is 0 Å². The number of nitrogens with zero attached hydrogens (tertiary/aromatic N) is 4. The van der Waals surface area contributed by atoms with Gasteiger partial charge in [0.25, 0.3) is 0 Å². The molecule has 0 spiro atoms. The normalized spacial score (nSPS) is 19.8. The second-order valence-electron chi connectivity index (χ2n) is 4.84. The summed E-state index contributed by atoms with van der Waals surface area (Å²) in [5.74, 6) is 0.778. The second kappa shape index (κ2) is 6.07. The van der Waals surface area contributed by atoms with Crippen LogP contribution in [0.3, 0.4) is 0 Å². The third kappa shape index (κ3) is 2.55. The highest BCUT2D eigenvalue weighted by Crippen LogP contribution is 2.28. The number of aromatic nitrogens is 1. The number of rotatable bonds is 2. The first kappa shape index (κ1) is 13.2. The molecule has 0 aliphatic carbocycles. The molecule has 6 nitrogen and oxygen atoms in total. The quantitative estimate of drug-likeness (QED) is 0.788. The minimum atomic E-state index is 0.663. The molecule has 20 heavy (non-hydrogen) atoms. The highest BCUT2D eigenvalue weighted by molar-refractivity contribution is 5.69. The zero-order valence-corrected chi connectivity index (χ0v) is 11.4. The molecule has 1 aromatic rings. The van der Waals surface area contributed by atoms with Crippen molar-refractivity contribution in [2.24, 2.45) is 0 Å². The second-order valence-corrected chi connectivity index (χ2v) is 4.84. The van der Waals surface area contributed by atoms with E-state index in [0.717, 1.165) is 37.7 Å². The molecule has 0 saturated carbocycles. The predicted octanol–water partition coefficient (Wildman–Crippen LogP) is 0.626. The SMILES string of the molecule is N#Cc1c(N2CCOCC2)ccnc1N1CCOCC1. The third-order valence-electron chi connectivity index (χ3n) is 3.68. The molecule has 0 N–H and O–H groups in total. The van der Waals surface area contributed by atoms with Crippen molar-refractivity contribution in [3.05, 3.63) is 17.8 Å². The van der Waals surface area contributed by atoms with Gasteiger partial charge in [-0.05, 0) is 6.07 Å². The summed E-state index contributed by atoms with van der Waals surface area (Å²) in [5.41, 5.74) is 1.63. The van der Waals surface area contributed by atoms with Crippen LogP contribution in [0.25, 0.3) is 0 Å². The maximum atomic E-state index is 9.55. The van der Waals surface area contributed by atoms with Crippen LogP contribution in [0.1, 0.15) is 5.56 Å². The average molecular weight is 274 g/mol. The van der Waals surface area contributed by atoms with Crippen molar-refractivity contribution in [2.75, 3.05) is 62.4 Å². The molecule has 2 aliphatic heterocycles. The minimum Gasteiger partial charge on any atom is -0.378 e. The Morgan fingerprint density at radius 1 is 1.00 bits per heavy atom. The summed E-state index contributed by atoms with van der Waals surface area (Å²) in [4.78, 5) is 8.75. The first-order valence-electron chi connectivity index (χ1n) is 6.94.